The van der Waals surface area contributed by atoms with E-state index < -0.39 is 5.54 Å². The SMILES string of the molecule is COc1cccc(O[C@H](C)CCc2ccc([C@@H]3CC[C@@](N)(CO)C3)cc2)c1. The van der Waals surface area contributed by atoms with Crippen LogP contribution in [-0.2, 0) is 6.42 Å². The molecule has 3 atom stereocenters. The molecule has 4 heteroatoms. The summed E-state index contributed by atoms with van der Waals surface area (Å²) in [7, 11) is 1.66. The highest BCUT2D eigenvalue weighted by Gasteiger charge is 2.35. The van der Waals surface area contributed by atoms with Gasteiger partial charge in [0.1, 0.15) is 11.5 Å². The van der Waals surface area contributed by atoms with E-state index in [1.165, 1.54) is 11.1 Å². The first-order valence-corrected chi connectivity index (χ1v) is 9.80. The molecule has 1 aliphatic rings. The maximum absolute atomic E-state index is 9.45. The van der Waals surface area contributed by atoms with Gasteiger partial charge in [0.2, 0.25) is 0 Å². The standard InChI is InChI=1S/C23H31NO3/c1-17(27-22-5-3-4-21(14-22)26-2)6-7-18-8-10-19(11-9-18)20-12-13-23(24,15-20)16-25/h3-5,8-11,14,17,20,25H,6-7,12-13,15-16,24H2,1-2H3/t17-,20-,23+/m1/s1. The third-order valence-electron chi connectivity index (χ3n) is 5.63. The zero-order valence-electron chi connectivity index (χ0n) is 16.4. The van der Waals surface area contributed by atoms with E-state index in [1.54, 1.807) is 7.11 Å². The molecule has 0 radical (unpaired) electrons. The first-order chi connectivity index (χ1) is 13.0. The van der Waals surface area contributed by atoms with Gasteiger partial charge >= 0.3 is 0 Å². The first-order valence-electron chi connectivity index (χ1n) is 9.80. The van der Waals surface area contributed by atoms with Crippen LogP contribution in [0.2, 0.25) is 0 Å². The van der Waals surface area contributed by atoms with E-state index in [1.807, 2.05) is 24.3 Å². The molecule has 0 saturated heterocycles. The largest absolute Gasteiger partial charge is 0.497 e. The van der Waals surface area contributed by atoms with Gasteiger partial charge < -0.3 is 20.3 Å². The number of hydrogen-bond donors (Lipinski definition) is 2. The van der Waals surface area contributed by atoms with E-state index >= 15 is 0 Å². The van der Waals surface area contributed by atoms with Gasteiger partial charge in [-0.1, -0.05) is 30.3 Å². The second-order valence-electron chi connectivity index (χ2n) is 7.85. The van der Waals surface area contributed by atoms with Gasteiger partial charge in [0.15, 0.2) is 0 Å². The van der Waals surface area contributed by atoms with Crippen molar-refractivity contribution in [3.63, 3.8) is 0 Å². The molecule has 4 nitrogen and oxygen atoms in total. The van der Waals surface area contributed by atoms with Crippen molar-refractivity contribution in [1.29, 1.82) is 0 Å². The Morgan fingerprint density at radius 2 is 1.93 bits per heavy atom. The van der Waals surface area contributed by atoms with Crippen molar-refractivity contribution in [2.75, 3.05) is 13.7 Å². The third kappa shape index (κ3) is 5.24. The molecule has 1 aliphatic carbocycles. The molecule has 0 aliphatic heterocycles. The molecule has 0 unspecified atom stereocenters. The minimum Gasteiger partial charge on any atom is -0.497 e. The van der Waals surface area contributed by atoms with Gasteiger partial charge in [-0.2, -0.15) is 0 Å². The molecule has 0 heterocycles. The van der Waals surface area contributed by atoms with Crippen LogP contribution in [0.5, 0.6) is 11.5 Å². The molecular formula is C23H31NO3. The van der Waals surface area contributed by atoms with Crippen molar-refractivity contribution in [3.8, 4) is 11.5 Å². The van der Waals surface area contributed by atoms with Gasteiger partial charge in [0, 0.05) is 11.6 Å². The Kier molecular flexibility index (Phi) is 6.40. The lowest BCUT2D eigenvalue weighted by Crippen LogP contribution is -2.40. The molecule has 3 rings (SSSR count). The number of aryl methyl sites for hydroxylation is 1. The van der Waals surface area contributed by atoms with E-state index in [2.05, 4.69) is 31.2 Å². The van der Waals surface area contributed by atoms with E-state index in [0.29, 0.717) is 5.92 Å². The number of methoxy groups -OCH3 is 1. The van der Waals surface area contributed by atoms with Gasteiger partial charge in [-0.3, -0.25) is 0 Å². The minimum atomic E-state index is -0.393. The molecule has 3 N–H and O–H groups in total. The molecule has 0 aromatic heterocycles. The molecule has 27 heavy (non-hydrogen) atoms. The van der Waals surface area contributed by atoms with Crippen molar-refractivity contribution in [2.45, 2.75) is 56.6 Å². The van der Waals surface area contributed by atoms with Crippen molar-refractivity contribution < 1.29 is 14.6 Å². The highest BCUT2D eigenvalue weighted by atomic mass is 16.5. The average Bonchev–Trinajstić information content (AvgIpc) is 3.10. The number of benzene rings is 2. The summed E-state index contributed by atoms with van der Waals surface area (Å²) in [5, 5.41) is 9.45. The second-order valence-corrected chi connectivity index (χ2v) is 7.85. The van der Waals surface area contributed by atoms with E-state index in [9.17, 15) is 5.11 Å². The van der Waals surface area contributed by atoms with E-state index in [-0.39, 0.29) is 12.7 Å². The van der Waals surface area contributed by atoms with Gasteiger partial charge in [-0.15, -0.1) is 0 Å². The van der Waals surface area contributed by atoms with Crippen LogP contribution in [0.15, 0.2) is 48.5 Å². The Labute approximate surface area is 162 Å². The average molecular weight is 370 g/mol. The van der Waals surface area contributed by atoms with Crippen molar-refractivity contribution in [1.82, 2.24) is 0 Å². The number of aliphatic hydroxyl groups is 1. The molecule has 2 aromatic rings. The summed E-state index contributed by atoms with van der Waals surface area (Å²) in [6, 6.07) is 16.6. The molecule has 2 aromatic carbocycles. The quantitative estimate of drug-likeness (QED) is 0.737. The fraction of sp³-hybridized carbons (Fsp3) is 0.478. The summed E-state index contributed by atoms with van der Waals surface area (Å²) in [4.78, 5) is 0. The summed E-state index contributed by atoms with van der Waals surface area (Å²) in [5.74, 6) is 2.11. The molecular weight excluding hydrogens is 338 g/mol. The van der Waals surface area contributed by atoms with Crippen LogP contribution in [0, 0.1) is 0 Å². The van der Waals surface area contributed by atoms with Crippen molar-refractivity contribution >= 4 is 0 Å². The lowest BCUT2D eigenvalue weighted by Gasteiger charge is -2.21. The maximum atomic E-state index is 9.45. The Hall–Kier alpha value is -2.04. The van der Waals surface area contributed by atoms with Crippen LogP contribution in [0.25, 0.3) is 0 Å². The number of rotatable bonds is 8. The minimum absolute atomic E-state index is 0.0762. The Bertz CT molecular complexity index is 731. The summed E-state index contributed by atoms with van der Waals surface area (Å²) in [6.07, 6.45) is 4.89. The normalized spacial score (nSPS) is 23.2. The van der Waals surface area contributed by atoms with Gasteiger partial charge in [0.25, 0.3) is 0 Å². The summed E-state index contributed by atoms with van der Waals surface area (Å²) in [5.41, 5.74) is 8.47. The van der Waals surface area contributed by atoms with Crippen LogP contribution in [0.4, 0.5) is 0 Å². The van der Waals surface area contributed by atoms with Gasteiger partial charge in [0.05, 0.1) is 19.8 Å². The predicted molar refractivity (Wildman–Crippen MR) is 108 cm³/mol. The smallest absolute Gasteiger partial charge is 0.123 e. The molecule has 1 saturated carbocycles. The topological polar surface area (TPSA) is 64.7 Å². The van der Waals surface area contributed by atoms with Gasteiger partial charge in [-0.25, -0.2) is 0 Å². The molecule has 146 valence electrons. The monoisotopic (exact) mass is 369 g/mol. The second kappa shape index (κ2) is 8.77. The third-order valence-corrected chi connectivity index (χ3v) is 5.63. The zero-order valence-corrected chi connectivity index (χ0v) is 16.4. The summed E-state index contributed by atoms with van der Waals surface area (Å²) in [6.45, 7) is 2.18. The number of ether oxygens (including phenoxy) is 2. The highest BCUT2D eigenvalue weighted by molar-refractivity contribution is 5.33. The lowest BCUT2D eigenvalue weighted by atomic mass is 9.92. The Morgan fingerprint density at radius 3 is 2.59 bits per heavy atom. The van der Waals surface area contributed by atoms with Crippen molar-refractivity contribution in [3.05, 3.63) is 59.7 Å². The van der Waals surface area contributed by atoms with Crippen LogP contribution >= 0.6 is 0 Å². The summed E-state index contributed by atoms with van der Waals surface area (Å²) < 4.78 is 11.2. The highest BCUT2D eigenvalue weighted by Crippen LogP contribution is 2.39. The Morgan fingerprint density at radius 1 is 1.19 bits per heavy atom. The van der Waals surface area contributed by atoms with Crippen LogP contribution in [0.3, 0.4) is 0 Å². The lowest BCUT2D eigenvalue weighted by molar-refractivity contribution is 0.198. The number of hydrogen-bond acceptors (Lipinski definition) is 4. The Balaban J connectivity index is 1.50. The van der Waals surface area contributed by atoms with Crippen LogP contribution in [-0.4, -0.2) is 30.5 Å². The maximum Gasteiger partial charge on any atom is 0.123 e. The summed E-state index contributed by atoms with van der Waals surface area (Å²) >= 11 is 0. The van der Waals surface area contributed by atoms with Crippen LogP contribution in [0.1, 0.15) is 49.7 Å². The molecule has 1 fully saturated rings. The van der Waals surface area contributed by atoms with Gasteiger partial charge in [-0.05, 0) is 68.2 Å². The predicted octanol–water partition coefficient (Wildman–Crippen LogP) is 4.05. The zero-order chi connectivity index (χ0) is 19.3. The van der Waals surface area contributed by atoms with E-state index in [4.69, 9.17) is 15.2 Å². The fourth-order valence-electron chi connectivity index (χ4n) is 3.88. The van der Waals surface area contributed by atoms with Crippen LogP contribution < -0.4 is 15.2 Å². The molecule has 0 spiro atoms. The van der Waals surface area contributed by atoms with E-state index in [0.717, 1.165) is 43.6 Å². The number of nitrogens with two attached hydrogens (primary N) is 1. The van der Waals surface area contributed by atoms with Crippen molar-refractivity contribution in [2.24, 2.45) is 5.73 Å². The molecule has 0 bridgehead atoms. The molecule has 0 amide bonds. The first kappa shape index (κ1) is 19.7. The number of aliphatic hydroxyl groups excluding tert-OH is 1. The fourth-order valence-corrected chi connectivity index (χ4v) is 3.88.